The largest absolute Gasteiger partial charge is 0.390 e. The lowest BCUT2D eigenvalue weighted by molar-refractivity contribution is -0.260. The van der Waals surface area contributed by atoms with Crippen LogP contribution in [0.1, 0.15) is 40.0 Å². The Bertz CT molecular complexity index is 181. The van der Waals surface area contributed by atoms with Crippen molar-refractivity contribution in [3.8, 4) is 0 Å². The molecule has 3 N–H and O–H groups in total. The maximum atomic E-state index is 9.74. The molecule has 3 heteroatoms. The molecule has 0 bridgehead atoms. The van der Waals surface area contributed by atoms with Crippen molar-refractivity contribution in [1.82, 2.24) is 0 Å². The fourth-order valence-corrected chi connectivity index (χ4v) is 2.36. The molecular weight excluding hydrogens is 168 g/mol. The molecular formula is C10H20O3. The van der Waals surface area contributed by atoms with Crippen molar-refractivity contribution in [3.63, 3.8) is 0 Å². The maximum absolute atomic E-state index is 9.74. The van der Waals surface area contributed by atoms with Gasteiger partial charge in [0.05, 0.1) is 5.60 Å². The average molecular weight is 188 g/mol. The molecule has 1 aliphatic rings. The van der Waals surface area contributed by atoms with E-state index in [0.717, 1.165) is 6.42 Å². The second-order valence-electron chi connectivity index (χ2n) is 4.97. The van der Waals surface area contributed by atoms with Crippen LogP contribution >= 0.6 is 0 Å². The van der Waals surface area contributed by atoms with Gasteiger partial charge in [-0.15, -0.1) is 0 Å². The Hall–Kier alpha value is -0.120. The lowest BCUT2D eigenvalue weighted by atomic mass is 9.71. The summed E-state index contributed by atoms with van der Waals surface area (Å²) in [5.74, 6) is -1.81. The highest BCUT2D eigenvalue weighted by molar-refractivity contribution is 4.92. The fourth-order valence-electron chi connectivity index (χ4n) is 2.36. The van der Waals surface area contributed by atoms with Crippen LogP contribution in [-0.4, -0.2) is 26.7 Å². The van der Waals surface area contributed by atoms with Gasteiger partial charge in [-0.25, -0.2) is 0 Å². The van der Waals surface area contributed by atoms with E-state index in [2.05, 4.69) is 0 Å². The van der Waals surface area contributed by atoms with Crippen LogP contribution in [0.2, 0.25) is 0 Å². The number of aliphatic hydroxyl groups is 3. The monoisotopic (exact) mass is 188 g/mol. The Morgan fingerprint density at radius 1 is 1.23 bits per heavy atom. The van der Waals surface area contributed by atoms with Crippen molar-refractivity contribution < 1.29 is 15.3 Å². The first kappa shape index (κ1) is 11.0. The van der Waals surface area contributed by atoms with Crippen LogP contribution in [0.25, 0.3) is 0 Å². The van der Waals surface area contributed by atoms with Crippen molar-refractivity contribution in [2.24, 2.45) is 11.8 Å². The molecule has 0 aliphatic heterocycles. The van der Waals surface area contributed by atoms with E-state index in [1.165, 1.54) is 0 Å². The normalized spacial score (nSPS) is 34.6. The van der Waals surface area contributed by atoms with Gasteiger partial charge < -0.3 is 15.3 Å². The van der Waals surface area contributed by atoms with E-state index in [9.17, 15) is 15.3 Å². The maximum Gasteiger partial charge on any atom is 0.168 e. The van der Waals surface area contributed by atoms with Gasteiger partial charge in [0.1, 0.15) is 0 Å². The van der Waals surface area contributed by atoms with Crippen LogP contribution in [0, 0.1) is 11.8 Å². The van der Waals surface area contributed by atoms with E-state index in [1.54, 1.807) is 13.8 Å². The molecule has 1 saturated carbocycles. The Kier molecular flexibility index (Phi) is 2.72. The Morgan fingerprint density at radius 2 is 1.77 bits per heavy atom. The van der Waals surface area contributed by atoms with E-state index < -0.39 is 17.3 Å². The van der Waals surface area contributed by atoms with E-state index in [4.69, 9.17) is 0 Å². The van der Waals surface area contributed by atoms with Crippen molar-refractivity contribution in [1.29, 1.82) is 0 Å². The second kappa shape index (κ2) is 3.23. The third-order valence-electron chi connectivity index (χ3n) is 3.01. The van der Waals surface area contributed by atoms with Crippen molar-refractivity contribution in [3.05, 3.63) is 0 Å². The van der Waals surface area contributed by atoms with E-state index in [1.807, 2.05) is 6.92 Å². The van der Waals surface area contributed by atoms with Gasteiger partial charge in [-0.1, -0.05) is 6.92 Å². The second-order valence-corrected chi connectivity index (χ2v) is 4.97. The molecule has 0 aromatic carbocycles. The Balaban J connectivity index is 2.76. The summed E-state index contributed by atoms with van der Waals surface area (Å²) in [4.78, 5) is 0. The first-order valence-corrected chi connectivity index (χ1v) is 4.90. The SMILES string of the molecule is C[C@@H]1CC[C@@H](C(C)(C)O)C(O)(O)C1. The van der Waals surface area contributed by atoms with E-state index in [-0.39, 0.29) is 0 Å². The number of hydrogen-bond donors (Lipinski definition) is 3. The van der Waals surface area contributed by atoms with Gasteiger partial charge in [0.25, 0.3) is 0 Å². The number of rotatable bonds is 1. The summed E-state index contributed by atoms with van der Waals surface area (Å²) in [5.41, 5.74) is -1.01. The first-order valence-electron chi connectivity index (χ1n) is 4.90. The molecule has 13 heavy (non-hydrogen) atoms. The summed E-state index contributed by atoms with van der Waals surface area (Å²) < 4.78 is 0. The van der Waals surface area contributed by atoms with Crippen LogP contribution in [0.5, 0.6) is 0 Å². The molecule has 78 valence electrons. The van der Waals surface area contributed by atoms with Crippen LogP contribution in [0.3, 0.4) is 0 Å². The summed E-state index contributed by atoms with van der Waals surface area (Å²) in [6, 6.07) is 0. The van der Waals surface area contributed by atoms with Crippen molar-refractivity contribution in [2.45, 2.75) is 51.4 Å². The summed E-state index contributed by atoms with van der Waals surface area (Å²) in [6.07, 6.45) is 2.00. The molecule has 0 amide bonds. The topological polar surface area (TPSA) is 60.7 Å². The molecule has 1 fully saturated rings. The molecule has 3 nitrogen and oxygen atoms in total. The van der Waals surface area contributed by atoms with Crippen molar-refractivity contribution in [2.75, 3.05) is 0 Å². The molecule has 0 saturated heterocycles. The van der Waals surface area contributed by atoms with Gasteiger partial charge >= 0.3 is 0 Å². The van der Waals surface area contributed by atoms with E-state index in [0.29, 0.717) is 18.8 Å². The number of hydrogen-bond acceptors (Lipinski definition) is 3. The molecule has 2 atom stereocenters. The van der Waals surface area contributed by atoms with Gasteiger partial charge in [-0.05, 0) is 32.6 Å². The Labute approximate surface area is 79.4 Å². The zero-order valence-electron chi connectivity index (χ0n) is 8.62. The molecule has 1 rings (SSSR count). The highest BCUT2D eigenvalue weighted by Crippen LogP contribution is 2.40. The first-order chi connectivity index (χ1) is 5.73. The molecule has 0 heterocycles. The third kappa shape index (κ3) is 2.42. The quantitative estimate of drug-likeness (QED) is 0.535. The van der Waals surface area contributed by atoms with Gasteiger partial charge in [-0.3, -0.25) is 0 Å². The highest BCUT2D eigenvalue weighted by atomic mass is 16.5. The predicted molar refractivity (Wildman–Crippen MR) is 50.0 cm³/mol. The molecule has 1 aliphatic carbocycles. The lowest BCUT2D eigenvalue weighted by Gasteiger charge is -2.44. The van der Waals surface area contributed by atoms with Crippen LogP contribution in [0.15, 0.2) is 0 Å². The van der Waals surface area contributed by atoms with Crippen LogP contribution in [0.4, 0.5) is 0 Å². The van der Waals surface area contributed by atoms with Crippen LogP contribution < -0.4 is 0 Å². The van der Waals surface area contributed by atoms with Gasteiger partial charge in [0.2, 0.25) is 0 Å². The standard InChI is InChI=1S/C10H20O3/c1-7-4-5-8(9(2,3)11)10(12,13)6-7/h7-8,11-13H,4-6H2,1-3H3/t7-,8+/m1/s1. The molecule has 0 radical (unpaired) electrons. The smallest absolute Gasteiger partial charge is 0.168 e. The van der Waals surface area contributed by atoms with Gasteiger partial charge in [0, 0.05) is 12.3 Å². The average Bonchev–Trinajstić information content (AvgIpc) is 1.79. The lowest BCUT2D eigenvalue weighted by Crippen LogP contribution is -2.52. The zero-order chi connectivity index (χ0) is 10.3. The highest BCUT2D eigenvalue weighted by Gasteiger charge is 2.46. The minimum absolute atomic E-state index is 0.327. The molecule has 0 unspecified atom stereocenters. The molecule has 0 aromatic rings. The summed E-state index contributed by atoms with van der Waals surface area (Å²) >= 11 is 0. The third-order valence-corrected chi connectivity index (χ3v) is 3.01. The molecule has 0 aromatic heterocycles. The minimum atomic E-state index is -1.70. The summed E-state index contributed by atoms with van der Waals surface area (Å²) in [6.45, 7) is 5.27. The van der Waals surface area contributed by atoms with E-state index >= 15 is 0 Å². The Morgan fingerprint density at radius 3 is 2.15 bits per heavy atom. The predicted octanol–water partition coefficient (Wildman–Crippen LogP) is 0.874. The van der Waals surface area contributed by atoms with Crippen LogP contribution in [-0.2, 0) is 0 Å². The summed E-state index contributed by atoms with van der Waals surface area (Å²) in [7, 11) is 0. The zero-order valence-corrected chi connectivity index (χ0v) is 8.62. The fraction of sp³-hybridized carbons (Fsp3) is 1.00. The molecule has 0 spiro atoms. The minimum Gasteiger partial charge on any atom is -0.390 e. The van der Waals surface area contributed by atoms with Crippen molar-refractivity contribution >= 4 is 0 Å². The van der Waals surface area contributed by atoms with Gasteiger partial charge in [0.15, 0.2) is 5.79 Å². The summed E-state index contributed by atoms with van der Waals surface area (Å²) in [5, 5.41) is 29.2. The van der Waals surface area contributed by atoms with Gasteiger partial charge in [-0.2, -0.15) is 0 Å².